The van der Waals surface area contributed by atoms with Crippen molar-refractivity contribution in [3.05, 3.63) is 35.9 Å². The van der Waals surface area contributed by atoms with E-state index in [2.05, 4.69) is 5.32 Å². The lowest BCUT2D eigenvalue weighted by Gasteiger charge is -2.25. The molecule has 6 nitrogen and oxygen atoms in total. The number of rotatable bonds is 5. The van der Waals surface area contributed by atoms with Gasteiger partial charge in [-0.05, 0) is 32.8 Å². The highest BCUT2D eigenvalue weighted by Gasteiger charge is 2.28. The van der Waals surface area contributed by atoms with Gasteiger partial charge in [-0.3, -0.25) is 4.79 Å². The van der Waals surface area contributed by atoms with E-state index in [9.17, 15) is 14.7 Å². The topological polar surface area (TPSA) is 102 Å². The SMILES string of the molecule is CC(C)(C)OC(=O)N[C@@H](Cc1ccccc1)C(O)C(N)=O. The van der Waals surface area contributed by atoms with Crippen molar-refractivity contribution in [3.8, 4) is 0 Å². The average molecular weight is 294 g/mol. The fourth-order valence-corrected chi connectivity index (χ4v) is 1.77. The maximum atomic E-state index is 11.8. The van der Waals surface area contributed by atoms with Gasteiger partial charge in [0, 0.05) is 0 Å². The number of nitrogens with two attached hydrogens (primary N) is 1. The highest BCUT2D eigenvalue weighted by atomic mass is 16.6. The van der Waals surface area contributed by atoms with Crippen LogP contribution >= 0.6 is 0 Å². The molecule has 6 heteroatoms. The van der Waals surface area contributed by atoms with E-state index in [1.54, 1.807) is 20.8 Å². The smallest absolute Gasteiger partial charge is 0.407 e. The van der Waals surface area contributed by atoms with Crippen LogP contribution in [0.4, 0.5) is 4.79 Å². The van der Waals surface area contributed by atoms with Gasteiger partial charge in [-0.25, -0.2) is 4.79 Å². The first-order valence-corrected chi connectivity index (χ1v) is 6.70. The standard InChI is InChI=1S/C15H22N2O4/c1-15(2,3)21-14(20)17-11(12(18)13(16)19)9-10-7-5-4-6-8-10/h4-8,11-12,18H,9H2,1-3H3,(H2,16,19)(H,17,20)/t11-,12?/m0/s1. The molecule has 0 saturated heterocycles. The van der Waals surface area contributed by atoms with Crippen LogP contribution in [0.3, 0.4) is 0 Å². The Kier molecular flexibility index (Phi) is 5.72. The predicted molar refractivity (Wildman–Crippen MR) is 78.5 cm³/mol. The Labute approximate surface area is 124 Å². The molecule has 0 aliphatic rings. The van der Waals surface area contributed by atoms with Crippen LogP contribution in [0.1, 0.15) is 26.3 Å². The molecule has 1 aromatic rings. The fraction of sp³-hybridized carbons (Fsp3) is 0.467. The Morgan fingerprint density at radius 1 is 1.29 bits per heavy atom. The highest BCUT2D eigenvalue weighted by Crippen LogP contribution is 2.10. The predicted octanol–water partition coefficient (Wildman–Crippen LogP) is 0.969. The van der Waals surface area contributed by atoms with Crippen molar-refractivity contribution >= 4 is 12.0 Å². The summed E-state index contributed by atoms with van der Waals surface area (Å²) in [5, 5.41) is 12.3. The first-order chi connectivity index (χ1) is 9.69. The van der Waals surface area contributed by atoms with Crippen molar-refractivity contribution in [2.45, 2.75) is 44.9 Å². The van der Waals surface area contributed by atoms with Crippen molar-refractivity contribution in [3.63, 3.8) is 0 Å². The van der Waals surface area contributed by atoms with E-state index >= 15 is 0 Å². The molecule has 0 aromatic heterocycles. The van der Waals surface area contributed by atoms with Crippen LogP contribution < -0.4 is 11.1 Å². The minimum absolute atomic E-state index is 0.268. The molecule has 21 heavy (non-hydrogen) atoms. The number of primary amides is 1. The summed E-state index contributed by atoms with van der Waals surface area (Å²) >= 11 is 0. The van der Waals surface area contributed by atoms with Gasteiger partial charge in [0.05, 0.1) is 6.04 Å². The van der Waals surface area contributed by atoms with Gasteiger partial charge in [0.25, 0.3) is 0 Å². The molecule has 1 rings (SSSR count). The van der Waals surface area contributed by atoms with Crippen molar-refractivity contribution in [2.24, 2.45) is 5.73 Å². The number of amides is 2. The van der Waals surface area contributed by atoms with Crippen molar-refractivity contribution in [1.82, 2.24) is 5.32 Å². The quantitative estimate of drug-likeness (QED) is 0.753. The van der Waals surface area contributed by atoms with Gasteiger partial charge in [-0.15, -0.1) is 0 Å². The third kappa shape index (κ3) is 6.27. The third-order valence-corrected chi connectivity index (χ3v) is 2.67. The Bertz CT molecular complexity index is 482. The molecule has 0 bridgehead atoms. The molecule has 0 aliphatic heterocycles. The van der Waals surface area contributed by atoms with Crippen LogP contribution in [0.25, 0.3) is 0 Å². The van der Waals surface area contributed by atoms with Crippen LogP contribution in [-0.2, 0) is 16.0 Å². The van der Waals surface area contributed by atoms with Gasteiger partial charge in [-0.2, -0.15) is 0 Å². The van der Waals surface area contributed by atoms with Crippen molar-refractivity contribution in [1.29, 1.82) is 0 Å². The van der Waals surface area contributed by atoms with E-state index in [1.807, 2.05) is 30.3 Å². The maximum Gasteiger partial charge on any atom is 0.407 e. The van der Waals surface area contributed by atoms with Crippen LogP contribution in [0.5, 0.6) is 0 Å². The van der Waals surface area contributed by atoms with Gasteiger partial charge >= 0.3 is 6.09 Å². The second-order valence-corrected chi connectivity index (χ2v) is 5.79. The largest absolute Gasteiger partial charge is 0.444 e. The van der Waals surface area contributed by atoms with E-state index in [-0.39, 0.29) is 6.42 Å². The summed E-state index contributed by atoms with van der Waals surface area (Å²) in [5.74, 6) is -0.896. The first kappa shape index (κ1) is 17.0. The second kappa shape index (κ2) is 7.08. The molecule has 1 aromatic carbocycles. The Morgan fingerprint density at radius 2 is 1.86 bits per heavy atom. The zero-order valence-electron chi connectivity index (χ0n) is 12.5. The first-order valence-electron chi connectivity index (χ1n) is 6.70. The molecule has 1 unspecified atom stereocenters. The number of aliphatic hydroxyl groups excluding tert-OH is 1. The molecule has 0 spiro atoms. The summed E-state index contributed by atoms with van der Waals surface area (Å²) in [6, 6.07) is 8.33. The summed E-state index contributed by atoms with van der Waals surface area (Å²) in [7, 11) is 0. The second-order valence-electron chi connectivity index (χ2n) is 5.79. The number of alkyl carbamates (subject to hydrolysis) is 1. The lowest BCUT2D eigenvalue weighted by Crippen LogP contribution is -2.51. The Hall–Kier alpha value is -2.08. The Morgan fingerprint density at radius 3 is 2.33 bits per heavy atom. The molecule has 0 radical (unpaired) electrons. The number of hydrogen-bond acceptors (Lipinski definition) is 4. The van der Waals surface area contributed by atoms with Gasteiger partial charge < -0.3 is 20.9 Å². The van der Waals surface area contributed by atoms with Crippen LogP contribution in [0.2, 0.25) is 0 Å². The van der Waals surface area contributed by atoms with E-state index in [1.165, 1.54) is 0 Å². The molecule has 2 atom stereocenters. The van der Waals surface area contributed by atoms with Gasteiger partial charge in [-0.1, -0.05) is 30.3 Å². The number of nitrogens with one attached hydrogen (secondary N) is 1. The molecule has 0 heterocycles. The van der Waals surface area contributed by atoms with E-state index < -0.39 is 29.7 Å². The molecule has 4 N–H and O–H groups in total. The van der Waals surface area contributed by atoms with Crippen molar-refractivity contribution in [2.75, 3.05) is 0 Å². The minimum atomic E-state index is -1.49. The Balaban J connectivity index is 2.78. The highest BCUT2D eigenvalue weighted by molar-refractivity contribution is 5.80. The van der Waals surface area contributed by atoms with Gasteiger partial charge in [0.15, 0.2) is 6.10 Å². The molecular formula is C15H22N2O4. The third-order valence-electron chi connectivity index (χ3n) is 2.67. The molecule has 0 saturated carbocycles. The summed E-state index contributed by atoms with van der Waals surface area (Å²) in [5.41, 5.74) is 5.30. The summed E-state index contributed by atoms with van der Waals surface area (Å²) in [6.07, 6.45) is -1.93. The van der Waals surface area contributed by atoms with E-state index in [0.717, 1.165) is 5.56 Å². The monoisotopic (exact) mass is 294 g/mol. The number of carbonyl (C=O) groups is 2. The van der Waals surface area contributed by atoms with E-state index in [4.69, 9.17) is 10.5 Å². The average Bonchev–Trinajstić information content (AvgIpc) is 2.36. The minimum Gasteiger partial charge on any atom is -0.444 e. The maximum absolute atomic E-state index is 11.8. The molecule has 2 amide bonds. The van der Waals surface area contributed by atoms with Crippen molar-refractivity contribution < 1.29 is 19.4 Å². The van der Waals surface area contributed by atoms with Gasteiger partial charge in [0.1, 0.15) is 5.60 Å². The zero-order valence-corrected chi connectivity index (χ0v) is 12.5. The van der Waals surface area contributed by atoms with Crippen LogP contribution in [0, 0.1) is 0 Å². The number of ether oxygens (including phenoxy) is 1. The van der Waals surface area contributed by atoms with Gasteiger partial charge in [0.2, 0.25) is 5.91 Å². The molecule has 0 fully saturated rings. The fourth-order valence-electron chi connectivity index (χ4n) is 1.77. The molecular weight excluding hydrogens is 272 g/mol. The number of hydrogen-bond donors (Lipinski definition) is 3. The van der Waals surface area contributed by atoms with Crippen LogP contribution in [0.15, 0.2) is 30.3 Å². The number of aliphatic hydroxyl groups is 1. The summed E-state index contributed by atoms with van der Waals surface area (Å²) in [4.78, 5) is 23.0. The van der Waals surface area contributed by atoms with Crippen LogP contribution in [-0.4, -0.2) is 34.9 Å². The molecule has 0 aliphatic carbocycles. The lowest BCUT2D eigenvalue weighted by molar-refractivity contribution is -0.127. The zero-order chi connectivity index (χ0) is 16.0. The normalized spacial score (nSPS) is 14.1. The summed E-state index contributed by atoms with van der Waals surface area (Å²) < 4.78 is 5.12. The summed E-state index contributed by atoms with van der Waals surface area (Å²) in [6.45, 7) is 5.18. The number of carbonyl (C=O) groups excluding carboxylic acids is 2. The van der Waals surface area contributed by atoms with E-state index in [0.29, 0.717) is 0 Å². The molecule has 116 valence electrons. The number of benzene rings is 1. The lowest BCUT2D eigenvalue weighted by atomic mass is 10.0.